The number of aliphatic hydroxyl groups excluding tert-OH is 2. The van der Waals surface area contributed by atoms with Crippen LogP contribution in [0.5, 0.6) is 11.5 Å². The third kappa shape index (κ3) is 4.37. The number of hydrogen-bond donors (Lipinski definition) is 2. The molecule has 144 valence electrons. The average Bonchev–Trinajstić information content (AvgIpc) is 2.69. The minimum absolute atomic E-state index is 0.233. The fourth-order valence-corrected chi connectivity index (χ4v) is 3.34. The molecule has 0 radical (unpaired) electrons. The Labute approximate surface area is 167 Å². The molecular formula is C22H25BrO4. The number of hydrogen-bond acceptors (Lipinski definition) is 4. The maximum Gasteiger partial charge on any atom is 0.135 e. The molecule has 0 saturated heterocycles. The van der Waals surface area contributed by atoms with Gasteiger partial charge in [-0.2, -0.15) is 0 Å². The summed E-state index contributed by atoms with van der Waals surface area (Å²) < 4.78 is 13.1. The van der Waals surface area contributed by atoms with Crippen LogP contribution in [0.25, 0.3) is 21.5 Å². The quantitative estimate of drug-likeness (QED) is 0.488. The number of fused-ring (bicyclic) bond motifs is 2. The minimum Gasteiger partial charge on any atom is -0.490 e. The molecule has 0 aliphatic rings. The predicted octanol–water partition coefficient (Wildman–Crippen LogP) is 5.05. The Morgan fingerprint density at radius 2 is 1.26 bits per heavy atom. The molecule has 3 rings (SSSR count). The first-order chi connectivity index (χ1) is 13.0. The predicted molar refractivity (Wildman–Crippen MR) is 113 cm³/mol. The van der Waals surface area contributed by atoms with Gasteiger partial charge in [0.1, 0.15) is 24.7 Å². The van der Waals surface area contributed by atoms with E-state index in [9.17, 15) is 10.2 Å². The van der Waals surface area contributed by atoms with Crippen LogP contribution in [0.4, 0.5) is 0 Å². The van der Waals surface area contributed by atoms with Gasteiger partial charge in [-0.3, -0.25) is 0 Å². The number of benzene rings is 3. The number of ether oxygens (including phenoxy) is 2. The molecule has 3 aromatic rings. The van der Waals surface area contributed by atoms with Crippen LogP contribution < -0.4 is 9.47 Å². The molecular weight excluding hydrogens is 408 g/mol. The van der Waals surface area contributed by atoms with E-state index in [0.29, 0.717) is 12.8 Å². The van der Waals surface area contributed by atoms with Gasteiger partial charge in [0, 0.05) is 26.0 Å². The summed E-state index contributed by atoms with van der Waals surface area (Å²) in [5.74, 6) is 1.47. The van der Waals surface area contributed by atoms with Crippen molar-refractivity contribution in [2.75, 3.05) is 13.2 Å². The zero-order valence-electron chi connectivity index (χ0n) is 15.6. The molecule has 4 nitrogen and oxygen atoms in total. The first-order valence-corrected chi connectivity index (χ1v) is 10.1. The first kappa shape index (κ1) is 19.9. The van der Waals surface area contributed by atoms with Gasteiger partial charge in [0.25, 0.3) is 0 Å². The van der Waals surface area contributed by atoms with Crippen molar-refractivity contribution in [2.45, 2.75) is 38.9 Å². The van der Waals surface area contributed by atoms with Crippen LogP contribution in [0.2, 0.25) is 0 Å². The van der Waals surface area contributed by atoms with Crippen LogP contribution in [0.1, 0.15) is 26.7 Å². The van der Waals surface area contributed by atoms with E-state index in [1.165, 1.54) is 0 Å². The Hall–Kier alpha value is -1.82. The van der Waals surface area contributed by atoms with Gasteiger partial charge in [0.2, 0.25) is 0 Å². The number of aliphatic hydroxyl groups is 2. The van der Waals surface area contributed by atoms with Crippen molar-refractivity contribution >= 4 is 37.5 Å². The maximum atomic E-state index is 9.96. The summed E-state index contributed by atoms with van der Waals surface area (Å²) in [5, 5.41) is 23.6. The molecule has 0 bridgehead atoms. The summed E-state index contributed by atoms with van der Waals surface area (Å²) in [6, 6.07) is 13.9. The molecule has 0 fully saturated rings. The lowest BCUT2D eigenvalue weighted by Gasteiger charge is -2.20. The molecule has 0 spiro atoms. The molecule has 0 amide bonds. The van der Waals surface area contributed by atoms with Crippen LogP contribution in [-0.2, 0) is 0 Å². The summed E-state index contributed by atoms with van der Waals surface area (Å²) in [5.41, 5.74) is 0. The molecule has 2 N–H and O–H groups in total. The van der Waals surface area contributed by atoms with Gasteiger partial charge in [-0.25, -0.2) is 0 Å². The SMILES string of the molecule is CCC(O)COc1c2ccccc2c(OCC(O)CC)c2cc(Br)ccc12. The molecule has 0 heterocycles. The fourth-order valence-electron chi connectivity index (χ4n) is 2.98. The van der Waals surface area contributed by atoms with Crippen molar-refractivity contribution in [1.29, 1.82) is 0 Å². The van der Waals surface area contributed by atoms with E-state index in [0.717, 1.165) is 37.5 Å². The summed E-state index contributed by atoms with van der Waals surface area (Å²) in [4.78, 5) is 0. The van der Waals surface area contributed by atoms with E-state index in [1.807, 2.05) is 56.3 Å². The Balaban J connectivity index is 2.19. The third-order valence-corrected chi connectivity index (χ3v) is 5.16. The molecule has 5 heteroatoms. The van der Waals surface area contributed by atoms with E-state index >= 15 is 0 Å². The Kier molecular flexibility index (Phi) is 6.58. The van der Waals surface area contributed by atoms with Gasteiger partial charge in [-0.15, -0.1) is 0 Å². The zero-order chi connectivity index (χ0) is 19.4. The van der Waals surface area contributed by atoms with E-state index in [4.69, 9.17) is 9.47 Å². The second kappa shape index (κ2) is 8.91. The molecule has 27 heavy (non-hydrogen) atoms. The van der Waals surface area contributed by atoms with Crippen LogP contribution in [-0.4, -0.2) is 35.6 Å². The number of halogens is 1. The third-order valence-electron chi connectivity index (χ3n) is 4.67. The zero-order valence-corrected chi connectivity index (χ0v) is 17.2. The van der Waals surface area contributed by atoms with Gasteiger partial charge in [0.15, 0.2) is 0 Å². The summed E-state index contributed by atoms with van der Waals surface area (Å²) >= 11 is 3.54. The Morgan fingerprint density at radius 1 is 0.778 bits per heavy atom. The normalized spacial score (nSPS) is 13.7. The second-order valence-corrected chi connectivity index (χ2v) is 7.56. The molecule has 2 atom stereocenters. The Morgan fingerprint density at radius 3 is 1.78 bits per heavy atom. The van der Waals surface area contributed by atoms with Crippen molar-refractivity contribution < 1.29 is 19.7 Å². The van der Waals surface area contributed by atoms with Gasteiger partial charge in [-0.05, 0) is 31.0 Å². The van der Waals surface area contributed by atoms with Crippen LogP contribution >= 0.6 is 15.9 Å². The molecule has 0 aliphatic carbocycles. The van der Waals surface area contributed by atoms with Crippen molar-refractivity contribution in [3.63, 3.8) is 0 Å². The van der Waals surface area contributed by atoms with Gasteiger partial charge in [0.05, 0.1) is 12.2 Å². The topological polar surface area (TPSA) is 58.9 Å². The molecule has 0 saturated carbocycles. The summed E-state index contributed by atoms with van der Waals surface area (Å²) in [6.07, 6.45) is 0.249. The average molecular weight is 433 g/mol. The fraction of sp³-hybridized carbons (Fsp3) is 0.364. The van der Waals surface area contributed by atoms with Gasteiger partial charge in [-0.1, -0.05) is 54.0 Å². The smallest absolute Gasteiger partial charge is 0.135 e. The maximum absolute atomic E-state index is 9.96. The second-order valence-electron chi connectivity index (χ2n) is 6.64. The monoisotopic (exact) mass is 432 g/mol. The molecule has 0 aliphatic heterocycles. The molecule has 3 aromatic carbocycles. The summed E-state index contributed by atoms with van der Waals surface area (Å²) in [7, 11) is 0. The lowest BCUT2D eigenvalue weighted by atomic mass is 10.0. The number of rotatable bonds is 8. The summed E-state index contributed by atoms with van der Waals surface area (Å²) in [6.45, 7) is 4.32. The highest BCUT2D eigenvalue weighted by Gasteiger charge is 2.18. The first-order valence-electron chi connectivity index (χ1n) is 9.30. The van der Waals surface area contributed by atoms with Crippen LogP contribution in [0, 0.1) is 0 Å². The highest BCUT2D eigenvalue weighted by Crippen LogP contribution is 2.43. The van der Waals surface area contributed by atoms with E-state index < -0.39 is 12.2 Å². The van der Waals surface area contributed by atoms with Crippen LogP contribution in [0.3, 0.4) is 0 Å². The van der Waals surface area contributed by atoms with Crippen molar-refractivity contribution in [3.05, 3.63) is 46.9 Å². The van der Waals surface area contributed by atoms with Crippen molar-refractivity contribution in [1.82, 2.24) is 0 Å². The molecule has 2 unspecified atom stereocenters. The van der Waals surface area contributed by atoms with Gasteiger partial charge < -0.3 is 19.7 Å². The highest BCUT2D eigenvalue weighted by molar-refractivity contribution is 9.10. The van der Waals surface area contributed by atoms with E-state index in [2.05, 4.69) is 15.9 Å². The molecule has 0 aromatic heterocycles. The van der Waals surface area contributed by atoms with Crippen molar-refractivity contribution in [2.24, 2.45) is 0 Å². The van der Waals surface area contributed by atoms with Crippen LogP contribution in [0.15, 0.2) is 46.9 Å². The van der Waals surface area contributed by atoms with E-state index in [-0.39, 0.29) is 13.2 Å². The standard InChI is InChI=1S/C22H25BrO4/c1-3-15(24)12-26-21-17-7-5-6-8-18(17)22(27-13-16(25)4-2)20-11-14(23)9-10-19(20)21/h5-11,15-16,24-25H,3-4,12-13H2,1-2H3. The lowest BCUT2D eigenvalue weighted by Crippen LogP contribution is -2.17. The van der Waals surface area contributed by atoms with Gasteiger partial charge >= 0.3 is 0 Å². The minimum atomic E-state index is -0.512. The van der Waals surface area contributed by atoms with Crippen molar-refractivity contribution in [3.8, 4) is 11.5 Å². The Bertz CT molecular complexity index is 925. The van der Waals surface area contributed by atoms with E-state index in [1.54, 1.807) is 0 Å². The largest absolute Gasteiger partial charge is 0.490 e. The lowest BCUT2D eigenvalue weighted by molar-refractivity contribution is 0.105. The highest BCUT2D eigenvalue weighted by atomic mass is 79.9.